The number of piperazine rings is 1. The largest absolute Gasteiger partial charge is 0.508 e. The van der Waals surface area contributed by atoms with E-state index in [4.69, 9.17) is 5.73 Å². The standard InChI is InChI=1S/C17H20N4O3S/c18-5-4-15-19-14(11-25-15)17(24)21-8-6-20(7-9-21)16(23)12-2-1-3-13(22)10-12/h1-3,10-11,22H,4-9,18H2. The fourth-order valence-corrected chi connectivity index (χ4v) is 3.53. The molecule has 0 atom stereocenters. The summed E-state index contributed by atoms with van der Waals surface area (Å²) in [5.74, 6) is -0.178. The minimum absolute atomic E-state index is 0.0662. The lowest BCUT2D eigenvalue weighted by molar-refractivity contribution is 0.0532. The van der Waals surface area contributed by atoms with Gasteiger partial charge in [0.1, 0.15) is 11.4 Å². The molecule has 0 saturated carbocycles. The number of rotatable bonds is 4. The van der Waals surface area contributed by atoms with E-state index in [1.54, 1.807) is 27.3 Å². The summed E-state index contributed by atoms with van der Waals surface area (Å²) in [6, 6.07) is 6.30. The molecule has 3 N–H and O–H groups in total. The molecule has 0 radical (unpaired) electrons. The average molecular weight is 360 g/mol. The van der Waals surface area contributed by atoms with Crippen LogP contribution in [0.15, 0.2) is 29.6 Å². The van der Waals surface area contributed by atoms with E-state index in [9.17, 15) is 14.7 Å². The quantitative estimate of drug-likeness (QED) is 0.846. The van der Waals surface area contributed by atoms with Crippen LogP contribution < -0.4 is 5.73 Å². The molecule has 3 rings (SSSR count). The fourth-order valence-electron chi connectivity index (χ4n) is 2.74. The number of aromatic nitrogens is 1. The van der Waals surface area contributed by atoms with Crippen LogP contribution in [0.2, 0.25) is 0 Å². The van der Waals surface area contributed by atoms with Crippen LogP contribution in [0.25, 0.3) is 0 Å². The minimum Gasteiger partial charge on any atom is -0.508 e. The van der Waals surface area contributed by atoms with Crippen LogP contribution in [0, 0.1) is 0 Å². The summed E-state index contributed by atoms with van der Waals surface area (Å²) in [7, 11) is 0. The molecule has 0 aliphatic carbocycles. The van der Waals surface area contributed by atoms with E-state index in [2.05, 4.69) is 4.98 Å². The number of hydrogen-bond acceptors (Lipinski definition) is 6. The fraction of sp³-hybridized carbons (Fsp3) is 0.353. The summed E-state index contributed by atoms with van der Waals surface area (Å²) in [5, 5.41) is 12.1. The maximum Gasteiger partial charge on any atom is 0.273 e. The van der Waals surface area contributed by atoms with Gasteiger partial charge in [0.05, 0.1) is 5.01 Å². The van der Waals surface area contributed by atoms with Crippen molar-refractivity contribution in [2.75, 3.05) is 32.7 Å². The number of carbonyl (C=O) groups excluding carboxylic acids is 2. The Morgan fingerprint density at radius 2 is 1.84 bits per heavy atom. The number of nitrogens with zero attached hydrogens (tertiary/aromatic N) is 3. The van der Waals surface area contributed by atoms with Crippen LogP contribution in [-0.2, 0) is 6.42 Å². The van der Waals surface area contributed by atoms with E-state index in [-0.39, 0.29) is 17.6 Å². The second-order valence-corrected chi connectivity index (χ2v) is 6.74. The van der Waals surface area contributed by atoms with Gasteiger partial charge in [-0.05, 0) is 24.7 Å². The predicted octanol–water partition coefficient (Wildman–Crippen LogP) is 0.948. The zero-order valence-electron chi connectivity index (χ0n) is 13.7. The maximum atomic E-state index is 12.5. The van der Waals surface area contributed by atoms with E-state index in [1.165, 1.54) is 23.5 Å². The van der Waals surface area contributed by atoms with Gasteiger partial charge in [-0.3, -0.25) is 9.59 Å². The number of carbonyl (C=O) groups is 2. The molecule has 1 aliphatic rings. The number of hydrogen-bond donors (Lipinski definition) is 2. The van der Waals surface area contributed by atoms with Gasteiger partial charge in [0.15, 0.2) is 0 Å². The Balaban J connectivity index is 1.59. The van der Waals surface area contributed by atoms with Gasteiger partial charge in [-0.2, -0.15) is 0 Å². The van der Waals surface area contributed by atoms with Crippen LogP contribution >= 0.6 is 11.3 Å². The van der Waals surface area contributed by atoms with E-state index < -0.39 is 0 Å². The zero-order valence-corrected chi connectivity index (χ0v) is 14.5. The summed E-state index contributed by atoms with van der Waals surface area (Å²) in [6.07, 6.45) is 0.671. The summed E-state index contributed by atoms with van der Waals surface area (Å²) >= 11 is 1.44. The molecule has 1 saturated heterocycles. The Morgan fingerprint density at radius 1 is 1.16 bits per heavy atom. The van der Waals surface area contributed by atoms with Crippen molar-refractivity contribution in [3.05, 3.63) is 45.9 Å². The number of nitrogens with two attached hydrogens (primary N) is 1. The van der Waals surface area contributed by atoms with Gasteiger partial charge >= 0.3 is 0 Å². The number of phenols is 1. The molecule has 1 aliphatic heterocycles. The molecular weight excluding hydrogens is 340 g/mol. The van der Waals surface area contributed by atoms with Crippen molar-refractivity contribution in [3.8, 4) is 5.75 Å². The summed E-state index contributed by atoms with van der Waals surface area (Å²) in [6.45, 7) is 2.36. The number of aromatic hydroxyl groups is 1. The first kappa shape index (κ1) is 17.4. The first-order valence-electron chi connectivity index (χ1n) is 8.10. The van der Waals surface area contributed by atoms with Crippen molar-refractivity contribution in [2.45, 2.75) is 6.42 Å². The molecule has 1 aromatic heterocycles. The highest BCUT2D eigenvalue weighted by atomic mass is 32.1. The van der Waals surface area contributed by atoms with Gasteiger partial charge in [0, 0.05) is 43.5 Å². The van der Waals surface area contributed by atoms with E-state index in [0.29, 0.717) is 50.4 Å². The van der Waals surface area contributed by atoms with Crippen LogP contribution in [0.5, 0.6) is 5.75 Å². The molecule has 2 aromatic rings. The monoisotopic (exact) mass is 360 g/mol. The van der Waals surface area contributed by atoms with Gasteiger partial charge in [-0.1, -0.05) is 6.07 Å². The van der Waals surface area contributed by atoms with Crippen molar-refractivity contribution in [1.29, 1.82) is 0 Å². The first-order chi connectivity index (χ1) is 12.1. The van der Waals surface area contributed by atoms with Gasteiger partial charge < -0.3 is 20.6 Å². The Hall–Kier alpha value is -2.45. The van der Waals surface area contributed by atoms with E-state index in [0.717, 1.165) is 5.01 Å². The summed E-state index contributed by atoms with van der Waals surface area (Å²) in [5.41, 5.74) is 6.40. The maximum absolute atomic E-state index is 12.5. The SMILES string of the molecule is NCCc1nc(C(=O)N2CCN(C(=O)c3cccc(O)c3)CC2)cs1. The van der Waals surface area contributed by atoms with E-state index in [1.807, 2.05) is 0 Å². The number of benzene rings is 1. The number of amides is 2. The molecule has 2 amide bonds. The van der Waals surface area contributed by atoms with Crippen molar-refractivity contribution in [3.63, 3.8) is 0 Å². The van der Waals surface area contributed by atoms with Crippen LogP contribution in [0.4, 0.5) is 0 Å². The smallest absolute Gasteiger partial charge is 0.273 e. The Labute approximate surface area is 149 Å². The van der Waals surface area contributed by atoms with Crippen molar-refractivity contribution >= 4 is 23.2 Å². The van der Waals surface area contributed by atoms with Crippen LogP contribution in [0.1, 0.15) is 25.9 Å². The number of phenolic OH excluding ortho intramolecular Hbond substituents is 1. The lowest BCUT2D eigenvalue weighted by Crippen LogP contribution is -2.50. The van der Waals surface area contributed by atoms with Gasteiger partial charge in [-0.15, -0.1) is 11.3 Å². The molecule has 2 heterocycles. The minimum atomic E-state index is -0.137. The predicted molar refractivity (Wildman–Crippen MR) is 94.8 cm³/mol. The lowest BCUT2D eigenvalue weighted by atomic mass is 10.1. The normalized spacial score (nSPS) is 14.6. The molecule has 8 heteroatoms. The summed E-state index contributed by atoms with van der Waals surface area (Å²) < 4.78 is 0. The van der Waals surface area contributed by atoms with Crippen molar-refractivity contribution < 1.29 is 14.7 Å². The molecule has 1 fully saturated rings. The first-order valence-corrected chi connectivity index (χ1v) is 8.98. The molecule has 0 bridgehead atoms. The highest BCUT2D eigenvalue weighted by molar-refractivity contribution is 7.09. The van der Waals surface area contributed by atoms with Gasteiger partial charge in [0.2, 0.25) is 0 Å². The Morgan fingerprint density at radius 3 is 2.48 bits per heavy atom. The zero-order chi connectivity index (χ0) is 17.8. The average Bonchev–Trinajstić information content (AvgIpc) is 3.09. The lowest BCUT2D eigenvalue weighted by Gasteiger charge is -2.34. The highest BCUT2D eigenvalue weighted by Crippen LogP contribution is 2.16. The Kier molecular flexibility index (Phi) is 5.30. The molecule has 25 heavy (non-hydrogen) atoms. The Bertz CT molecular complexity index is 769. The van der Waals surface area contributed by atoms with Gasteiger partial charge in [-0.25, -0.2) is 4.98 Å². The molecule has 1 aromatic carbocycles. The molecule has 0 spiro atoms. The third-order valence-corrected chi connectivity index (χ3v) is 4.98. The third kappa shape index (κ3) is 3.97. The van der Waals surface area contributed by atoms with Gasteiger partial charge in [0.25, 0.3) is 11.8 Å². The van der Waals surface area contributed by atoms with Crippen molar-refractivity contribution in [2.24, 2.45) is 5.73 Å². The molecular formula is C17H20N4O3S. The topological polar surface area (TPSA) is 99.8 Å². The molecule has 132 valence electrons. The second-order valence-electron chi connectivity index (χ2n) is 5.80. The molecule has 0 unspecified atom stereocenters. The number of thiazole rings is 1. The molecule has 7 nitrogen and oxygen atoms in total. The van der Waals surface area contributed by atoms with Crippen LogP contribution in [0.3, 0.4) is 0 Å². The van der Waals surface area contributed by atoms with E-state index >= 15 is 0 Å². The van der Waals surface area contributed by atoms with Crippen molar-refractivity contribution in [1.82, 2.24) is 14.8 Å². The second kappa shape index (κ2) is 7.62. The third-order valence-electron chi connectivity index (χ3n) is 4.08. The highest BCUT2D eigenvalue weighted by Gasteiger charge is 2.26. The van der Waals surface area contributed by atoms with Crippen LogP contribution in [-0.4, -0.2) is 64.4 Å². The summed E-state index contributed by atoms with van der Waals surface area (Å²) in [4.78, 5) is 32.7.